The van der Waals surface area contributed by atoms with Crippen LogP contribution in [0.25, 0.3) is 0 Å². The molecule has 0 atom stereocenters. The summed E-state index contributed by atoms with van der Waals surface area (Å²) >= 11 is 0. The van der Waals surface area contributed by atoms with E-state index in [1.54, 1.807) is 0 Å². The minimum absolute atomic E-state index is 0.00190. The van der Waals surface area contributed by atoms with E-state index in [0.29, 0.717) is 17.9 Å². The molecule has 42 heavy (non-hydrogen) atoms. The molecule has 0 saturated heterocycles. The number of unbranched alkanes of at least 4 members (excludes halogenated alkanes) is 2. The van der Waals surface area contributed by atoms with Crippen molar-refractivity contribution in [2.45, 2.75) is 96.3 Å². The molecule has 0 radical (unpaired) electrons. The number of aliphatic hydroxyl groups excluding tert-OH is 1. The fourth-order valence-electron chi connectivity index (χ4n) is 6.79. The summed E-state index contributed by atoms with van der Waals surface area (Å²) in [6.45, 7) is 9.76. The van der Waals surface area contributed by atoms with E-state index >= 15 is 0 Å². The lowest BCUT2D eigenvalue weighted by Gasteiger charge is -2.38. The van der Waals surface area contributed by atoms with Gasteiger partial charge in [-0.3, -0.25) is 0 Å². The van der Waals surface area contributed by atoms with E-state index in [4.69, 9.17) is 18.9 Å². The summed E-state index contributed by atoms with van der Waals surface area (Å²) in [5, 5.41) is 9.63. The van der Waals surface area contributed by atoms with Gasteiger partial charge in [-0.25, -0.2) is 9.59 Å². The van der Waals surface area contributed by atoms with Gasteiger partial charge in [0.15, 0.2) is 0 Å². The second-order valence-electron chi connectivity index (χ2n) is 11.8. The topological polar surface area (TPSA) is 91.3 Å². The van der Waals surface area contributed by atoms with Crippen molar-refractivity contribution in [3.8, 4) is 11.5 Å². The quantitative estimate of drug-likeness (QED) is 0.112. The van der Waals surface area contributed by atoms with Crippen LogP contribution < -0.4 is 9.47 Å². The van der Waals surface area contributed by atoms with E-state index in [1.165, 1.54) is 64.2 Å². The lowest BCUT2D eigenvalue weighted by atomic mass is 9.67. The number of carbonyl (C=O) groups excluding carboxylic acids is 2. The van der Waals surface area contributed by atoms with E-state index in [1.807, 2.05) is 12.1 Å². The second kappa shape index (κ2) is 18.7. The molecule has 7 heteroatoms. The molecule has 2 aliphatic carbocycles. The van der Waals surface area contributed by atoms with Crippen LogP contribution in [0.2, 0.25) is 0 Å². The molecule has 2 aliphatic rings. The van der Waals surface area contributed by atoms with E-state index in [-0.39, 0.29) is 39.0 Å². The van der Waals surface area contributed by atoms with Crippen LogP contribution in [0.5, 0.6) is 11.5 Å². The van der Waals surface area contributed by atoms with Crippen LogP contribution in [0.1, 0.15) is 101 Å². The van der Waals surface area contributed by atoms with Gasteiger partial charge < -0.3 is 24.1 Å². The average molecular weight is 585 g/mol. The highest BCUT2D eigenvalue weighted by Crippen LogP contribution is 2.48. The molecule has 7 nitrogen and oxygen atoms in total. The van der Waals surface area contributed by atoms with Crippen molar-refractivity contribution in [2.24, 2.45) is 17.8 Å². The molecule has 0 amide bonds. The highest BCUT2D eigenvalue weighted by molar-refractivity contribution is 5.81. The maximum Gasteiger partial charge on any atom is 0.330 e. The van der Waals surface area contributed by atoms with Crippen LogP contribution in [0, 0.1) is 17.8 Å². The first-order valence-corrected chi connectivity index (χ1v) is 16.1. The molecule has 2 saturated carbocycles. The van der Waals surface area contributed by atoms with E-state index in [2.05, 4.69) is 20.1 Å². The van der Waals surface area contributed by atoms with Crippen molar-refractivity contribution in [3.05, 3.63) is 48.6 Å². The largest absolute Gasteiger partial charge is 0.490 e. The predicted octanol–water partition coefficient (Wildman–Crippen LogP) is 7.10. The summed E-state index contributed by atoms with van der Waals surface area (Å²) in [6.07, 6.45) is 18.2. The summed E-state index contributed by atoms with van der Waals surface area (Å²) < 4.78 is 22.6. The zero-order chi connectivity index (χ0) is 30.2. The Hall–Kier alpha value is -2.80. The zero-order valence-corrected chi connectivity index (χ0v) is 25.7. The van der Waals surface area contributed by atoms with Gasteiger partial charge in [-0.2, -0.15) is 0 Å². The van der Waals surface area contributed by atoms with Crippen molar-refractivity contribution < 1.29 is 33.6 Å². The molecule has 234 valence electrons. The summed E-state index contributed by atoms with van der Waals surface area (Å²) in [4.78, 5) is 23.0. The SMILES string of the molecule is C=CC(=O)OCCOc1cc(CCO)cc(OCCOC(=O)C=C)c1C1CCC(C2CCC(CCCCC)CC2)CC1. The fraction of sp³-hybridized carbons (Fsp3) is 0.657. The molecule has 0 aromatic heterocycles. The van der Waals surface area contributed by atoms with Crippen LogP contribution in [0.4, 0.5) is 0 Å². The van der Waals surface area contributed by atoms with Crippen molar-refractivity contribution >= 4 is 11.9 Å². The lowest BCUT2D eigenvalue weighted by Crippen LogP contribution is -2.26. The Morgan fingerprint density at radius 2 is 1.33 bits per heavy atom. The number of rotatable bonds is 18. The number of benzene rings is 1. The zero-order valence-electron chi connectivity index (χ0n) is 25.7. The molecule has 0 aliphatic heterocycles. The van der Waals surface area contributed by atoms with Gasteiger partial charge in [0.25, 0.3) is 0 Å². The van der Waals surface area contributed by atoms with Crippen molar-refractivity contribution in [1.82, 2.24) is 0 Å². The molecular formula is C35H52O7. The van der Waals surface area contributed by atoms with Gasteiger partial charge >= 0.3 is 11.9 Å². The minimum atomic E-state index is -0.487. The first kappa shape index (κ1) is 33.7. The van der Waals surface area contributed by atoms with Crippen LogP contribution in [0.3, 0.4) is 0 Å². The third-order valence-corrected chi connectivity index (χ3v) is 9.02. The van der Waals surface area contributed by atoms with Crippen LogP contribution in [-0.4, -0.2) is 50.1 Å². The smallest absolute Gasteiger partial charge is 0.330 e. The monoisotopic (exact) mass is 584 g/mol. The fourth-order valence-corrected chi connectivity index (χ4v) is 6.79. The number of hydrogen-bond acceptors (Lipinski definition) is 7. The number of hydrogen-bond donors (Lipinski definition) is 1. The highest BCUT2D eigenvalue weighted by atomic mass is 16.6. The summed E-state index contributed by atoms with van der Waals surface area (Å²) in [5.41, 5.74) is 1.90. The van der Waals surface area contributed by atoms with Gasteiger partial charge in [0, 0.05) is 24.3 Å². The molecule has 0 heterocycles. The average Bonchev–Trinajstić information content (AvgIpc) is 3.02. The predicted molar refractivity (Wildman–Crippen MR) is 165 cm³/mol. The lowest BCUT2D eigenvalue weighted by molar-refractivity contribution is -0.139. The first-order valence-electron chi connectivity index (χ1n) is 16.1. The Balaban J connectivity index is 1.70. The van der Waals surface area contributed by atoms with E-state index in [9.17, 15) is 14.7 Å². The molecule has 0 unspecified atom stereocenters. The number of esters is 2. The van der Waals surface area contributed by atoms with Crippen molar-refractivity contribution in [2.75, 3.05) is 33.0 Å². The highest BCUT2D eigenvalue weighted by Gasteiger charge is 2.33. The van der Waals surface area contributed by atoms with E-state index in [0.717, 1.165) is 53.9 Å². The van der Waals surface area contributed by atoms with Gasteiger partial charge in [0.05, 0.1) is 0 Å². The molecule has 2 fully saturated rings. The molecule has 3 rings (SSSR count). The van der Waals surface area contributed by atoms with Gasteiger partial charge in [0.2, 0.25) is 0 Å². The number of aliphatic hydroxyl groups is 1. The van der Waals surface area contributed by atoms with E-state index < -0.39 is 11.9 Å². The molecule has 0 bridgehead atoms. The van der Waals surface area contributed by atoms with Gasteiger partial charge in [-0.1, -0.05) is 58.6 Å². The van der Waals surface area contributed by atoms with Gasteiger partial charge in [-0.05, 0) is 86.3 Å². The van der Waals surface area contributed by atoms with Crippen molar-refractivity contribution in [1.29, 1.82) is 0 Å². The Bertz CT molecular complexity index is 938. The van der Waals surface area contributed by atoms with Crippen molar-refractivity contribution in [3.63, 3.8) is 0 Å². The maximum atomic E-state index is 11.5. The van der Waals surface area contributed by atoms with Crippen LogP contribution in [-0.2, 0) is 25.5 Å². The summed E-state index contributed by atoms with van der Waals surface area (Å²) in [5.74, 6) is 3.24. The number of ether oxygens (including phenoxy) is 4. The molecule has 1 N–H and O–H groups in total. The molecular weight excluding hydrogens is 532 g/mol. The molecule has 1 aromatic carbocycles. The second-order valence-corrected chi connectivity index (χ2v) is 11.8. The third kappa shape index (κ3) is 10.8. The number of carbonyl (C=O) groups is 2. The minimum Gasteiger partial charge on any atom is -0.490 e. The molecule has 1 aromatic rings. The molecule has 0 spiro atoms. The maximum absolute atomic E-state index is 11.5. The normalized spacial score (nSPS) is 22.1. The van der Waals surface area contributed by atoms with Gasteiger partial charge in [-0.15, -0.1) is 0 Å². The standard InChI is InChI=1S/C35H52O7/c1-4-7-8-9-26-10-12-28(13-11-26)29-14-16-30(17-15-29)35-31(39-20-22-41-33(37)5-2)24-27(18-19-36)25-32(35)40-21-23-42-34(38)6-3/h5-6,24-26,28-30,36H,2-4,7-23H2,1H3. The van der Waals surface area contributed by atoms with Gasteiger partial charge in [0.1, 0.15) is 37.9 Å². The van der Waals surface area contributed by atoms with Crippen LogP contribution in [0.15, 0.2) is 37.4 Å². The summed E-state index contributed by atoms with van der Waals surface area (Å²) in [7, 11) is 0. The Labute approximate surface area is 252 Å². The Morgan fingerprint density at radius 3 is 1.81 bits per heavy atom. The Morgan fingerprint density at radius 1 is 0.810 bits per heavy atom. The Kier molecular flexibility index (Phi) is 15.0. The summed E-state index contributed by atoms with van der Waals surface area (Å²) in [6, 6.07) is 3.94. The third-order valence-electron chi connectivity index (χ3n) is 9.02. The van der Waals surface area contributed by atoms with Crippen LogP contribution >= 0.6 is 0 Å². The first-order chi connectivity index (χ1) is 20.5.